The summed E-state index contributed by atoms with van der Waals surface area (Å²) in [7, 11) is 0. The second-order valence-corrected chi connectivity index (χ2v) is 23.6. The molecule has 2 heterocycles. The molecule has 0 radical (unpaired) electrons. The standard InChI is InChI=1S/C83H56N4/c1-83(2)74-46-45-69-72-49-61(86(78-39-21-29-56-26-12-13-33-63(56)78)59-42-40-54(41-43-59)53-22-6-3-7-23-53)44-47-79(72)87(81(69)80(74)73-50-70-66-36-17-15-34-64(66)65-35-16-18-37-67(65)71(70)51-75(73)83)60-31-20-30-58(48-60)82-84-76(57-27-10-5-11-28-57)52-77(85-82)68-38-19-14-32-62(68)55-24-8-4-9-25-55/h3-52H,1-2H3. The Hall–Kier alpha value is -11.2. The van der Waals surface area contributed by atoms with Gasteiger partial charge in [-0.2, -0.15) is 0 Å². The molecular formula is C83H56N4. The highest BCUT2D eigenvalue weighted by Crippen LogP contribution is 2.56. The Labute approximate surface area is 505 Å². The van der Waals surface area contributed by atoms with Gasteiger partial charge < -0.3 is 9.47 Å². The minimum absolute atomic E-state index is 0.316. The van der Waals surface area contributed by atoms with E-state index in [9.17, 15) is 0 Å². The van der Waals surface area contributed by atoms with Crippen LogP contribution in [0, 0.1) is 0 Å². The topological polar surface area (TPSA) is 34.0 Å². The van der Waals surface area contributed by atoms with Gasteiger partial charge in [-0.25, -0.2) is 9.97 Å². The monoisotopic (exact) mass is 1110 g/mol. The zero-order valence-corrected chi connectivity index (χ0v) is 48.2. The van der Waals surface area contributed by atoms with Crippen LogP contribution in [0.1, 0.15) is 25.0 Å². The lowest BCUT2D eigenvalue weighted by Gasteiger charge is -2.27. The van der Waals surface area contributed by atoms with Crippen LogP contribution >= 0.6 is 0 Å². The Bertz CT molecular complexity index is 5410. The van der Waals surface area contributed by atoms with Crippen LogP contribution in [0.5, 0.6) is 0 Å². The average Bonchev–Trinajstić information content (AvgIpc) is 1.58. The molecule has 0 N–H and O–H groups in total. The van der Waals surface area contributed by atoms with E-state index in [2.05, 4.69) is 327 Å². The molecule has 16 aromatic rings. The third-order valence-electron chi connectivity index (χ3n) is 18.4. The predicted molar refractivity (Wildman–Crippen MR) is 366 cm³/mol. The summed E-state index contributed by atoms with van der Waals surface area (Å²) < 4.78 is 2.54. The number of aromatic nitrogens is 3. The van der Waals surface area contributed by atoms with Crippen LogP contribution in [0.3, 0.4) is 0 Å². The average molecular weight is 1110 g/mol. The Kier molecular flexibility index (Phi) is 11.6. The van der Waals surface area contributed by atoms with Crippen LogP contribution in [-0.2, 0) is 5.41 Å². The zero-order valence-electron chi connectivity index (χ0n) is 48.2. The third kappa shape index (κ3) is 8.13. The van der Waals surface area contributed by atoms with E-state index in [0.29, 0.717) is 5.82 Å². The molecular weight excluding hydrogens is 1050 g/mol. The normalized spacial score (nSPS) is 12.6. The van der Waals surface area contributed by atoms with E-state index in [-0.39, 0.29) is 5.41 Å². The van der Waals surface area contributed by atoms with Crippen molar-refractivity contribution in [3.05, 3.63) is 314 Å². The van der Waals surface area contributed by atoms with Crippen molar-refractivity contribution in [1.82, 2.24) is 14.5 Å². The molecule has 87 heavy (non-hydrogen) atoms. The van der Waals surface area contributed by atoms with Crippen LogP contribution in [-0.4, -0.2) is 14.5 Å². The van der Waals surface area contributed by atoms with Crippen LogP contribution in [0.25, 0.3) is 138 Å². The molecule has 0 amide bonds. The molecule has 2 aromatic heterocycles. The Morgan fingerprint density at radius 2 is 0.874 bits per heavy atom. The molecule has 0 atom stereocenters. The maximum atomic E-state index is 5.52. The molecule has 17 rings (SSSR count). The second kappa shape index (κ2) is 20.0. The van der Waals surface area contributed by atoms with Crippen LogP contribution in [0.15, 0.2) is 303 Å². The fourth-order valence-electron chi connectivity index (χ4n) is 14.2. The highest BCUT2D eigenvalue weighted by atomic mass is 15.1. The first kappa shape index (κ1) is 50.3. The smallest absolute Gasteiger partial charge is 0.160 e. The second-order valence-electron chi connectivity index (χ2n) is 23.6. The van der Waals surface area contributed by atoms with E-state index in [1.807, 2.05) is 0 Å². The van der Waals surface area contributed by atoms with Gasteiger partial charge in [-0.1, -0.05) is 250 Å². The van der Waals surface area contributed by atoms with Gasteiger partial charge in [0, 0.05) is 60.9 Å². The van der Waals surface area contributed by atoms with Crippen molar-refractivity contribution >= 4 is 82.0 Å². The Morgan fingerprint density at radius 1 is 0.322 bits per heavy atom. The molecule has 0 aliphatic heterocycles. The first-order chi connectivity index (χ1) is 42.9. The largest absolute Gasteiger partial charge is 0.310 e. The van der Waals surface area contributed by atoms with Gasteiger partial charge >= 0.3 is 0 Å². The van der Waals surface area contributed by atoms with Gasteiger partial charge in [0.15, 0.2) is 5.82 Å². The first-order valence-corrected chi connectivity index (χ1v) is 30.0. The van der Waals surface area contributed by atoms with E-state index in [1.165, 1.54) is 87.4 Å². The molecule has 1 aliphatic rings. The maximum absolute atomic E-state index is 5.52. The van der Waals surface area contributed by atoms with E-state index in [1.54, 1.807) is 0 Å². The number of fused-ring (bicyclic) bond motifs is 14. The summed E-state index contributed by atoms with van der Waals surface area (Å²) in [6, 6.07) is 111. The van der Waals surface area contributed by atoms with Crippen molar-refractivity contribution in [2.24, 2.45) is 0 Å². The summed E-state index contributed by atoms with van der Waals surface area (Å²) in [6.07, 6.45) is 0. The van der Waals surface area contributed by atoms with Gasteiger partial charge in [-0.15, -0.1) is 0 Å². The summed E-state index contributed by atoms with van der Waals surface area (Å²) >= 11 is 0. The number of rotatable bonds is 9. The number of hydrogen-bond donors (Lipinski definition) is 0. The summed E-state index contributed by atoms with van der Waals surface area (Å²) in [5, 5.41) is 12.4. The molecule has 4 nitrogen and oxygen atoms in total. The molecule has 0 fully saturated rings. The Morgan fingerprint density at radius 3 is 1.60 bits per heavy atom. The van der Waals surface area contributed by atoms with E-state index in [0.717, 1.165) is 72.9 Å². The van der Waals surface area contributed by atoms with Crippen molar-refractivity contribution in [1.29, 1.82) is 0 Å². The van der Waals surface area contributed by atoms with E-state index < -0.39 is 0 Å². The van der Waals surface area contributed by atoms with Crippen LogP contribution in [0.2, 0.25) is 0 Å². The summed E-state index contributed by atoms with van der Waals surface area (Å²) in [6.45, 7) is 4.83. The first-order valence-electron chi connectivity index (χ1n) is 30.0. The van der Waals surface area contributed by atoms with Crippen molar-refractivity contribution < 1.29 is 0 Å². The lowest BCUT2D eigenvalue weighted by Crippen LogP contribution is -2.15. The number of hydrogen-bond acceptors (Lipinski definition) is 3. The number of nitrogens with zero attached hydrogens (tertiary/aromatic N) is 4. The van der Waals surface area contributed by atoms with Crippen LogP contribution < -0.4 is 4.90 Å². The van der Waals surface area contributed by atoms with Crippen LogP contribution in [0.4, 0.5) is 17.1 Å². The Balaban J connectivity index is 0.929. The van der Waals surface area contributed by atoms with Crippen molar-refractivity contribution in [3.8, 4) is 73.0 Å². The zero-order chi connectivity index (χ0) is 57.7. The van der Waals surface area contributed by atoms with E-state index >= 15 is 0 Å². The predicted octanol–water partition coefficient (Wildman–Crippen LogP) is 22.3. The highest BCUT2D eigenvalue weighted by molar-refractivity contribution is 6.27. The van der Waals surface area contributed by atoms with Crippen molar-refractivity contribution in [2.45, 2.75) is 19.3 Å². The molecule has 0 spiro atoms. The maximum Gasteiger partial charge on any atom is 0.160 e. The SMILES string of the molecule is CC1(C)c2cc3c4ccccc4c4ccccc4c3cc2-c2c1ccc1c3cc(N(c4ccc(-c5ccccc5)cc4)c4cccc5ccccc45)ccc3n(-c3cccc(-c4nc(-c5ccccc5)cc(-c5ccccc5-c5ccccc5)n4)c3)c21. The van der Waals surface area contributed by atoms with Gasteiger partial charge in [-0.05, 0) is 143 Å². The molecule has 14 aromatic carbocycles. The number of benzene rings is 14. The molecule has 408 valence electrons. The molecule has 4 heteroatoms. The molecule has 0 bridgehead atoms. The lowest BCUT2D eigenvalue weighted by molar-refractivity contribution is 0.661. The quantitative estimate of drug-likeness (QED) is 0.135. The molecule has 0 saturated carbocycles. The van der Waals surface area contributed by atoms with Crippen molar-refractivity contribution in [3.63, 3.8) is 0 Å². The fraction of sp³-hybridized carbons (Fsp3) is 0.0361. The highest BCUT2D eigenvalue weighted by Gasteiger charge is 2.39. The minimum atomic E-state index is -0.316. The lowest BCUT2D eigenvalue weighted by atomic mass is 9.81. The molecule has 0 unspecified atom stereocenters. The van der Waals surface area contributed by atoms with Gasteiger partial charge in [0.1, 0.15) is 0 Å². The van der Waals surface area contributed by atoms with E-state index in [4.69, 9.17) is 9.97 Å². The van der Waals surface area contributed by atoms with Crippen molar-refractivity contribution in [2.75, 3.05) is 4.90 Å². The summed E-state index contributed by atoms with van der Waals surface area (Å²) in [5.74, 6) is 0.658. The molecule has 0 saturated heterocycles. The summed E-state index contributed by atoms with van der Waals surface area (Å²) in [4.78, 5) is 13.4. The molecule has 1 aliphatic carbocycles. The fourth-order valence-corrected chi connectivity index (χ4v) is 14.2. The van der Waals surface area contributed by atoms with Gasteiger partial charge in [0.2, 0.25) is 0 Å². The van der Waals surface area contributed by atoms with Gasteiger partial charge in [-0.3, -0.25) is 0 Å². The minimum Gasteiger partial charge on any atom is -0.310 e. The third-order valence-corrected chi connectivity index (χ3v) is 18.4. The van der Waals surface area contributed by atoms with Gasteiger partial charge in [0.05, 0.1) is 28.1 Å². The number of anilines is 3. The van der Waals surface area contributed by atoms with Gasteiger partial charge in [0.25, 0.3) is 0 Å². The summed E-state index contributed by atoms with van der Waals surface area (Å²) in [5.41, 5.74) is 20.8.